The minimum Gasteiger partial charge on any atom is -0.478 e. The summed E-state index contributed by atoms with van der Waals surface area (Å²) in [6.07, 6.45) is 1.24. The molecule has 2 aromatic heterocycles. The second-order valence-electron chi connectivity index (χ2n) is 3.25. The molecule has 0 aliphatic carbocycles. The molecule has 2 aromatic rings. The monoisotopic (exact) mass is 237 g/mol. The number of aryl methyl sites for hydroxylation is 1. The summed E-state index contributed by atoms with van der Waals surface area (Å²) in [7, 11) is 0. The minimum absolute atomic E-state index is 0.0764. The van der Waals surface area contributed by atoms with Crippen LogP contribution in [0, 0.1) is 6.92 Å². The quantitative estimate of drug-likeness (QED) is 0.785. The highest BCUT2D eigenvalue weighted by molar-refractivity contribution is 6.32. The summed E-state index contributed by atoms with van der Waals surface area (Å²) in [5.74, 6) is -1.06. The smallest absolute Gasteiger partial charge is 0.339 e. The number of carboxylic acid groups (broad SMARTS) is 1. The number of halogens is 1. The van der Waals surface area contributed by atoms with Gasteiger partial charge in [-0.15, -0.1) is 0 Å². The summed E-state index contributed by atoms with van der Waals surface area (Å²) in [5.41, 5.74) is 1.74. The molecule has 0 aliphatic rings. The van der Waals surface area contributed by atoms with Crippen molar-refractivity contribution in [3.63, 3.8) is 0 Å². The van der Waals surface area contributed by atoms with Crippen LogP contribution >= 0.6 is 11.6 Å². The Balaban J connectivity index is 2.59. The first-order valence-electron chi connectivity index (χ1n) is 4.50. The van der Waals surface area contributed by atoms with Crippen LogP contribution in [0.4, 0.5) is 0 Å². The molecule has 0 saturated heterocycles. The molecule has 0 aliphatic heterocycles. The molecule has 0 bridgehead atoms. The maximum absolute atomic E-state index is 10.9. The van der Waals surface area contributed by atoms with Crippen LogP contribution in [-0.2, 0) is 0 Å². The summed E-state index contributed by atoms with van der Waals surface area (Å²) in [4.78, 5) is 15.0. The lowest BCUT2D eigenvalue weighted by Crippen LogP contribution is -1.97. The van der Waals surface area contributed by atoms with Gasteiger partial charge in [0.05, 0.1) is 11.9 Å². The van der Waals surface area contributed by atoms with Gasteiger partial charge in [0.2, 0.25) is 0 Å². The van der Waals surface area contributed by atoms with Gasteiger partial charge in [-0.3, -0.25) is 5.10 Å². The van der Waals surface area contributed by atoms with Crippen LogP contribution in [0.3, 0.4) is 0 Å². The first kappa shape index (κ1) is 10.6. The molecular formula is C10H8ClN3O2. The number of hydrogen-bond donors (Lipinski definition) is 2. The standard InChI is InChI=1S/C10H8ClN3O2/c1-5-2-3-6(9(11)13-5)8-7(10(15)16)4-12-14-8/h2-4H,1H3,(H,12,14)(H,15,16). The Bertz CT molecular complexity index is 551. The van der Waals surface area contributed by atoms with Gasteiger partial charge in [-0.1, -0.05) is 11.6 Å². The Labute approximate surface area is 96.1 Å². The van der Waals surface area contributed by atoms with Crippen LogP contribution in [0.1, 0.15) is 16.1 Å². The Kier molecular flexibility index (Phi) is 2.62. The average molecular weight is 238 g/mol. The number of nitrogens with zero attached hydrogens (tertiary/aromatic N) is 2. The van der Waals surface area contributed by atoms with E-state index in [9.17, 15) is 4.79 Å². The maximum atomic E-state index is 10.9. The first-order valence-corrected chi connectivity index (χ1v) is 4.87. The molecule has 0 saturated carbocycles. The fourth-order valence-corrected chi connectivity index (χ4v) is 1.66. The van der Waals surface area contributed by atoms with E-state index in [4.69, 9.17) is 16.7 Å². The molecular weight excluding hydrogens is 230 g/mol. The summed E-state index contributed by atoms with van der Waals surface area (Å²) in [5, 5.41) is 15.5. The SMILES string of the molecule is Cc1ccc(-c2[nH]ncc2C(=O)O)c(Cl)n1. The fraction of sp³-hybridized carbons (Fsp3) is 0.100. The first-order chi connectivity index (χ1) is 7.59. The topological polar surface area (TPSA) is 78.9 Å². The third-order valence-electron chi connectivity index (χ3n) is 2.13. The molecule has 5 nitrogen and oxygen atoms in total. The van der Waals surface area contributed by atoms with Gasteiger partial charge >= 0.3 is 5.97 Å². The lowest BCUT2D eigenvalue weighted by molar-refractivity contribution is 0.0698. The number of hydrogen-bond acceptors (Lipinski definition) is 3. The molecule has 16 heavy (non-hydrogen) atoms. The van der Waals surface area contributed by atoms with Gasteiger partial charge in [0.1, 0.15) is 10.7 Å². The fourth-order valence-electron chi connectivity index (χ4n) is 1.37. The molecule has 2 N–H and O–H groups in total. The van der Waals surface area contributed by atoms with E-state index in [1.54, 1.807) is 19.1 Å². The molecule has 0 spiro atoms. The van der Waals surface area contributed by atoms with Crippen molar-refractivity contribution in [2.75, 3.05) is 0 Å². The van der Waals surface area contributed by atoms with Gasteiger partial charge in [-0.2, -0.15) is 5.10 Å². The number of rotatable bonds is 2. The van der Waals surface area contributed by atoms with Gasteiger partial charge in [0.25, 0.3) is 0 Å². The summed E-state index contributed by atoms with van der Waals surface area (Å²) < 4.78 is 0. The van der Waals surface area contributed by atoms with E-state index < -0.39 is 5.97 Å². The van der Waals surface area contributed by atoms with Crippen LogP contribution in [0.15, 0.2) is 18.3 Å². The predicted octanol–water partition coefficient (Wildman–Crippen LogP) is 2.13. The largest absolute Gasteiger partial charge is 0.478 e. The van der Waals surface area contributed by atoms with Gasteiger partial charge in [0, 0.05) is 11.3 Å². The third-order valence-corrected chi connectivity index (χ3v) is 2.42. The van der Waals surface area contributed by atoms with Crippen molar-refractivity contribution in [3.8, 4) is 11.3 Å². The molecule has 2 heterocycles. The highest BCUT2D eigenvalue weighted by atomic mass is 35.5. The van der Waals surface area contributed by atoms with E-state index >= 15 is 0 Å². The normalized spacial score (nSPS) is 10.4. The van der Waals surface area contributed by atoms with Crippen molar-refractivity contribution in [1.82, 2.24) is 15.2 Å². The second-order valence-corrected chi connectivity index (χ2v) is 3.61. The van der Waals surface area contributed by atoms with E-state index in [0.29, 0.717) is 11.3 Å². The van der Waals surface area contributed by atoms with Gasteiger partial charge in [0.15, 0.2) is 0 Å². The molecule has 0 radical (unpaired) electrons. The number of aromatic amines is 1. The molecule has 0 aromatic carbocycles. The van der Waals surface area contributed by atoms with E-state index in [0.717, 1.165) is 5.69 Å². The number of aromatic nitrogens is 3. The zero-order chi connectivity index (χ0) is 11.7. The highest BCUT2D eigenvalue weighted by Gasteiger charge is 2.16. The van der Waals surface area contributed by atoms with E-state index in [2.05, 4.69) is 15.2 Å². The zero-order valence-corrected chi connectivity index (χ0v) is 9.12. The van der Waals surface area contributed by atoms with Crippen molar-refractivity contribution in [2.45, 2.75) is 6.92 Å². The number of H-pyrrole nitrogens is 1. The molecule has 0 fully saturated rings. The molecule has 0 amide bonds. The average Bonchev–Trinajstić information content (AvgIpc) is 2.66. The summed E-state index contributed by atoms with van der Waals surface area (Å²) in [6.45, 7) is 1.81. The minimum atomic E-state index is -1.06. The lowest BCUT2D eigenvalue weighted by Gasteiger charge is -2.03. The molecule has 0 atom stereocenters. The molecule has 6 heteroatoms. The van der Waals surface area contributed by atoms with Crippen LogP contribution in [-0.4, -0.2) is 26.3 Å². The molecule has 0 unspecified atom stereocenters. The Hall–Kier alpha value is -1.88. The maximum Gasteiger partial charge on any atom is 0.339 e. The third kappa shape index (κ3) is 1.77. The van der Waals surface area contributed by atoms with Crippen LogP contribution < -0.4 is 0 Å². The Morgan fingerprint density at radius 2 is 2.25 bits per heavy atom. The van der Waals surface area contributed by atoms with Crippen LogP contribution in [0.25, 0.3) is 11.3 Å². The number of aromatic carboxylic acids is 1. The van der Waals surface area contributed by atoms with Crippen molar-refractivity contribution >= 4 is 17.6 Å². The Morgan fingerprint density at radius 1 is 1.50 bits per heavy atom. The number of nitrogens with one attached hydrogen (secondary N) is 1. The Morgan fingerprint density at radius 3 is 2.88 bits per heavy atom. The van der Waals surface area contributed by atoms with Gasteiger partial charge < -0.3 is 5.11 Å². The van der Waals surface area contributed by atoms with Gasteiger partial charge in [-0.25, -0.2) is 9.78 Å². The number of carboxylic acids is 1. The molecule has 2 rings (SSSR count). The highest BCUT2D eigenvalue weighted by Crippen LogP contribution is 2.27. The number of carbonyl (C=O) groups is 1. The second kappa shape index (κ2) is 3.94. The predicted molar refractivity (Wildman–Crippen MR) is 58.5 cm³/mol. The van der Waals surface area contributed by atoms with E-state index in [1.807, 2.05) is 0 Å². The lowest BCUT2D eigenvalue weighted by atomic mass is 10.1. The van der Waals surface area contributed by atoms with Crippen LogP contribution in [0.5, 0.6) is 0 Å². The van der Waals surface area contributed by atoms with Crippen molar-refractivity contribution in [1.29, 1.82) is 0 Å². The molecule has 82 valence electrons. The van der Waals surface area contributed by atoms with Crippen molar-refractivity contribution < 1.29 is 9.90 Å². The summed E-state index contributed by atoms with van der Waals surface area (Å²) in [6, 6.07) is 3.47. The summed E-state index contributed by atoms with van der Waals surface area (Å²) >= 11 is 5.95. The zero-order valence-electron chi connectivity index (χ0n) is 8.36. The van der Waals surface area contributed by atoms with E-state index in [1.165, 1.54) is 6.20 Å². The van der Waals surface area contributed by atoms with Crippen molar-refractivity contribution in [2.24, 2.45) is 0 Å². The van der Waals surface area contributed by atoms with Crippen molar-refractivity contribution in [3.05, 3.63) is 34.7 Å². The number of pyridine rings is 1. The van der Waals surface area contributed by atoms with Gasteiger partial charge in [-0.05, 0) is 19.1 Å². The van der Waals surface area contributed by atoms with Crippen LogP contribution in [0.2, 0.25) is 5.15 Å². The van der Waals surface area contributed by atoms with E-state index in [-0.39, 0.29) is 10.7 Å².